The van der Waals surface area contributed by atoms with Gasteiger partial charge in [-0.15, -0.1) is 0 Å². The van der Waals surface area contributed by atoms with Crippen molar-refractivity contribution in [3.05, 3.63) is 11.8 Å². The van der Waals surface area contributed by atoms with Crippen molar-refractivity contribution < 1.29 is 19.1 Å². The minimum Gasteiger partial charge on any atom is -0.434 e. The first-order valence-electron chi connectivity index (χ1n) is 5.01. The lowest BCUT2D eigenvalue weighted by Crippen LogP contribution is -2.24. The average Bonchev–Trinajstić information content (AvgIpc) is 1.99. The van der Waals surface area contributed by atoms with Gasteiger partial charge in [0.2, 0.25) is 0 Å². The van der Waals surface area contributed by atoms with Crippen molar-refractivity contribution in [3.63, 3.8) is 0 Å². The quantitative estimate of drug-likeness (QED) is 0.659. The Morgan fingerprint density at radius 2 is 2.13 bits per heavy atom. The van der Waals surface area contributed by atoms with Gasteiger partial charge < -0.3 is 9.47 Å². The van der Waals surface area contributed by atoms with Crippen LogP contribution in [-0.4, -0.2) is 18.5 Å². The highest BCUT2D eigenvalue weighted by molar-refractivity contribution is 5.91. The Kier molecular flexibility index (Phi) is 3.50. The lowest BCUT2D eigenvalue weighted by molar-refractivity contribution is -0.117. The molecule has 0 fully saturated rings. The van der Waals surface area contributed by atoms with Crippen LogP contribution in [0, 0.1) is 5.41 Å². The van der Waals surface area contributed by atoms with Gasteiger partial charge in [-0.3, -0.25) is 4.79 Å². The van der Waals surface area contributed by atoms with Gasteiger partial charge in [0, 0.05) is 18.9 Å². The SMILES string of the molecule is CCOC(=O)OC1=CC(=O)CC(C)(C)C1. The van der Waals surface area contributed by atoms with E-state index in [1.807, 2.05) is 13.8 Å². The Balaban J connectivity index is 2.62. The van der Waals surface area contributed by atoms with Crippen LogP contribution >= 0.6 is 0 Å². The van der Waals surface area contributed by atoms with Gasteiger partial charge in [0.25, 0.3) is 0 Å². The molecule has 0 aromatic carbocycles. The molecule has 0 unspecified atom stereocenters. The molecule has 4 nitrogen and oxygen atoms in total. The fraction of sp³-hybridized carbons (Fsp3) is 0.636. The molecule has 0 saturated heterocycles. The molecule has 0 spiro atoms. The Bertz CT molecular complexity index is 302. The zero-order chi connectivity index (χ0) is 11.5. The van der Waals surface area contributed by atoms with Crippen LogP contribution < -0.4 is 0 Å². The summed E-state index contributed by atoms with van der Waals surface area (Å²) in [5.41, 5.74) is -0.145. The van der Waals surface area contributed by atoms with Crippen molar-refractivity contribution in [1.82, 2.24) is 0 Å². The third-order valence-electron chi connectivity index (χ3n) is 2.10. The summed E-state index contributed by atoms with van der Waals surface area (Å²) in [5, 5.41) is 0. The van der Waals surface area contributed by atoms with Crippen molar-refractivity contribution in [2.45, 2.75) is 33.6 Å². The van der Waals surface area contributed by atoms with Crippen LogP contribution in [0.2, 0.25) is 0 Å². The first-order chi connectivity index (χ1) is 6.93. The second-order valence-electron chi connectivity index (χ2n) is 4.38. The predicted octanol–water partition coefficient (Wildman–Crippen LogP) is 2.43. The Labute approximate surface area is 89.2 Å². The topological polar surface area (TPSA) is 52.6 Å². The summed E-state index contributed by atoms with van der Waals surface area (Å²) in [6, 6.07) is 0. The number of ketones is 1. The second kappa shape index (κ2) is 4.47. The van der Waals surface area contributed by atoms with E-state index >= 15 is 0 Å². The fourth-order valence-electron chi connectivity index (χ4n) is 1.61. The highest BCUT2D eigenvalue weighted by atomic mass is 16.7. The minimum absolute atomic E-state index is 0.00875. The van der Waals surface area contributed by atoms with Gasteiger partial charge in [-0.25, -0.2) is 4.79 Å². The van der Waals surface area contributed by atoms with Crippen molar-refractivity contribution in [2.24, 2.45) is 5.41 Å². The predicted molar refractivity (Wildman–Crippen MR) is 54.2 cm³/mol. The summed E-state index contributed by atoms with van der Waals surface area (Å²) < 4.78 is 9.55. The summed E-state index contributed by atoms with van der Waals surface area (Å²) in [6.07, 6.45) is 1.71. The van der Waals surface area contributed by atoms with Crippen LogP contribution in [0.15, 0.2) is 11.8 Å². The van der Waals surface area contributed by atoms with Crippen LogP contribution in [0.25, 0.3) is 0 Å². The minimum atomic E-state index is -0.741. The standard InChI is InChI=1S/C11H16O4/c1-4-14-10(13)15-9-5-8(12)6-11(2,3)7-9/h5H,4,6-7H2,1-3H3. The first-order valence-corrected chi connectivity index (χ1v) is 5.01. The van der Waals surface area contributed by atoms with Gasteiger partial charge in [-0.2, -0.15) is 0 Å². The smallest absolute Gasteiger partial charge is 0.434 e. The summed E-state index contributed by atoms with van der Waals surface area (Å²) in [6.45, 7) is 5.90. The van der Waals surface area contributed by atoms with Crippen molar-refractivity contribution in [1.29, 1.82) is 0 Å². The molecule has 1 aliphatic carbocycles. The fourth-order valence-corrected chi connectivity index (χ4v) is 1.61. The molecule has 0 amide bonds. The molecule has 0 bridgehead atoms. The maximum Gasteiger partial charge on any atom is 0.513 e. The average molecular weight is 212 g/mol. The molecule has 4 heteroatoms. The zero-order valence-electron chi connectivity index (χ0n) is 9.33. The van der Waals surface area contributed by atoms with Crippen LogP contribution in [0.3, 0.4) is 0 Å². The molecule has 15 heavy (non-hydrogen) atoms. The van der Waals surface area contributed by atoms with E-state index in [2.05, 4.69) is 4.74 Å². The van der Waals surface area contributed by atoms with Crippen LogP contribution in [0.5, 0.6) is 0 Å². The number of ether oxygens (including phenoxy) is 2. The Morgan fingerprint density at radius 1 is 1.47 bits per heavy atom. The van der Waals surface area contributed by atoms with Gasteiger partial charge in [-0.1, -0.05) is 13.8 Å². The molecule has 84 valence electrons. The first kappa shape index (κ1) is 11.8. The molecule has 0 aromatic heterocycles. The summed E-state index contributed by atoms with van der Waals surface area (Å²) in [5.74, 6) is 0.389. The summed E-state index contributed by atoms with van der Waals surface area (Å²) in [4.78, 5) is 22.4. The molecule has 1 rings (SSSR count). The summed E-state index contributed by atoms with van der Waals surface area (Å²) in [7, 11) is 0. The second-order valence-corrected chi connectivity index (χ2v) is 4.38. The third kappa shape index (κ3) is 3.73. The molecular formula is C11H16O4. The third-order valence-corrected chi connectivity index (χ3v) is 2.10. The lowest BCUT2D eigenvalue weighted by Gasteiger charge is -2.27. The van der Waals surface area contributed by atoms with Crippen molar-refractivity contribution >= 4 is 11.9 Å². The lowest BCUT2D eigenvalue weighted by atomic mass is 9.79. The van der Waals surface area contributed by atoms with Crippen LogP contribution in [-0.2, 0) is 14.3 Å². The molecule has 0 heterocycles. The van der Waals surface area contributed by atoms with Gasteiger partial charge in [0.1, 0.15) is 5.76 Å². The largest absolute Gasteiger partial charge is 0.513 e. The normalized spacial score (nSPS) is 19.4. The Morgan fingerprint density at radius 3 is 2.67 bits per heavy atom. The van der Waals surface area contributed by atoms with Crippen LogP contribution in [0.4, 0.5) is 4.79 Å². The number of hydrogen-bond donors (Lipinski definition) is 0. The number of carbonyl (C=O) groups is 2. The van der Waals surface area contributed by atoms with Crippen molar-refractivity contribution in [3.8, 4) is 0 Å². The van der Waals surface area contributed by atoms with E-state index in [4.69, 9.17) is 4.74 Å². The molecule has 0 atom stereocenters. The molecule has 0 aromatic rings. The molecule has 0 radical (unpaired) electrons. The van der Waals surface area contributed by atoms with E-state index in [1.165, 1.54) is 6.08 Å². The number of hydrogen-bond acceptors (Lipinski definition) is 4. The van der Waals surface area contributed by atoms with E-state index < -0.39 is 6.16 Å². The van der Waals surface area contributed by atoms with Gasteiger partial charge >= 0.3 is 6.16 Å². The maximum absolute atomic E-state index is 11.3. The highest BCUT2D eigenvalue weighted by Crippen LogP contribution is 2.34. The number of allylic oxidation sites excluding steroid dienone is 2. The van der Waals surface area contributed by atoms with E-state index in [0.717, 1.165) is 0 Å². The zero-order valence-corrected chi connectivity index (χ0v) is 9.33. The Hall–Kier alpha value is -1.32. The molecule has 0 saturated carbocycles. The van der Waals surface area contributed by atoms with Gasteiger partial charge in [0.05, 0.1) is 6.61 Å². The van der Waals surface area contributed by atoms with E-state index in [-0.39, 0.29) is 17.8 Å². The number of rotatable bonds is 2. The molecule has 0 aliphatic heterocycles. The maximum atomic E-state index is 11.3. The molecular weight excluding hydrogens is 196 g/mol. The van der Waals surface area contributed by atoms with Gasteiger partial charge in [0.15, 0.2) is 5.78 Å². The molecule has 1 aliphatic rings. The highest BCUT2D eigenvalue weighted by Gasteiger charge is 2.29. The van der Waals surface area contributed by atoms with Crippen LogP contribution in [0.1, 0.15) is 33.6 Å². The van der Waals surface area contributed by atoms with Crippen molar-refractivity contribution in [2.75, 3.05) is 6.61 Å². The number of carbonyl (C=O) groups excluding carboxylic acids is 2. The monoisotopic (exact) mass is 212 g/mol. The summed E-state index contributed by atoms with van der Waals surface area (Å²) >= 11 is 0. The van der Waals surface area contributed by atoms with E-state index in [1.54, 1.807) is 6.92 Å². The molecule has 0 N–H and O–H groups in total. The van der Waals surface area contributed by atoms with Gasteiger partial charge in [-0.05, 0) is 12.3 Å². The van der Waals surface area contributed by atoms with E-state index in [9.17, 15) is 9.59 Å². The van der Waals surface area contributed by atoms with E-state index in [0.29, 0.717) is 18.6 Å².